The molecule has 10 heteroatoms. The average Bonchev–Trinajstić information content (AvgIpc) is 3.49. The number of carbonyl (C=O) groups is 4. The molecule has 1 heterocycles. The molecule has 0 saturated heterocycles. The van der Waals surface area contributed by atoms with Crippen molar-refractivity contribution in [2.45, 2.75) is 38.3 Å². The Morgan fingerprint density at radius 2 is 1.56 bits per heavy atom. The number of nitrogens with one attached hydrogen (secondary N) is 3. The number of aliphatic carboxylic acids is 1. The predicted octanol–water partition coefficient (Wildman–Crippen LogP) is 6.52. The fraction of sp³-hybridized carbons (Fsp3) is 0.200. The third kappa shape index (κ3) is 8.67. The van der Waals surface area contributed by atoms with Crippen LogP contribution in [0.1, 0.15) is 40.1 Å². The third-order valence-electron chi connectivity index (χ3n) is 7.28. The summed E-state index contributed by atoms with van der Waals surface area (Å²) < 4.78 is 6.34. The van der Waals surface area contributed by atoms with Crippen molar-refractivity contribution >= 4 is 61.8 Å². The fourth-order valence-electron chi connectivity index (χ4n) is 4.94. The number of carboxylic acids is 1. The van der Waals surface area contributed by atoms with E-state index in [1.807, 2.05) is 66.7 Å². The molecule has 4 aromatic carbocycles. The van der Waals surface area contributed by atoms with Crippen LogP contribution in [0.2, 0.25) is 0 Å². The van der Waals surface area contributed by atoms with Gasteiger partial charge in [-0.15, -0.1) is 11.3 Å². The second-order valence-electron chi connectivity index (χ2n) is 10.5. The van der Waals surface area contributed by atoms with Crippen LogP contribution in [0.15, 0.2) is 97.1 Å². The van der Waals surface area contributed by atoms with Crippen molar-refractivity contribution in [1.29, 1.82) is 0 Å². The second kappa shape index (κ2) is 15.0. The number of rotatable bonds is 13. The number of ether oxygens (including phenoxy) is 1. The van der Waals surface area contributed by atoms with Gasteiger partial charge < -0.3 is 25.8 Å². The zero-order valence-electron chi connectivity index (χ0n) is 24.5. The van der Waals surface area contributed by atoms with Crippen LogP contribution >= 0.6 is 11.3 Å². The molecule has 3 amide bonds. The Bertz CT molecular complexity index is 1800. The number of hydrogen-bond acceptors (Lipinski definition) is 6. The van der Waals surface area contributed by atoms with E-state index >= 15 is 0 Å². The van der Waals surface area contributed by atoms with Crippen LogP contribution in [0.3, 0.4) is 0 Å². The van der Waals surface area contributed by atoms with Crippen molar-refractivity contribution in [3.63, 3.8) is 0 Å². The highest BCUT2D eigenvalue weighted by Crippen LogP contribution is 2.25. The third-order valence-corrected chi connectivity index (χ3v) is 8.39. The predicted molar refractivity (Wildman–Crippen MR) is 175 cm³/mol. The first-order chi connectivity index (χ1) is 21.9. The van der Waals surface area contributed by atoms with Crippen molar-refractivity contribution in [2.24, 2.45) is 0 Å². The maximum Gasteiger partial charge on any atom is 0.407 e. The van der Waals surface area contributed by atoms with Crippen molar-refractivity contribution in [3.8, 4) is 0 Å². The second-order valence-corrected chi connectivity index (χ2v) is 11.6. The molecule has 0 radical (unpaired) electrons. The number of carbonyl (C=O) groups excluding carboxylic acids is 3. The molecule has 1 atom stereocenters. The molecule has 0 bridgehead atoms. The maximum atomic E-state index is 13.5. The number of benzene rings is 4. The summed E-state index contributed by atoms with van der Waals surface area (Å²) in [5, 5.41) is 20.6. The molecular weight excluding hydrogens is 590 g/mol. The number of hydrogen-bond donors (Lipinski definition) is 4. The summed E-state index contributed by atoms with van der Waals surface area (Å²) in [6.07, 6.45) is 0.212. The zero-order valence-corrected chi connectivity index (χ0v) is 25.3. The van der Waals surface area contributed by atoms with E-state index in [-0.39, 0.29) is 38.3 Å². The van der Waals surface area contributed by atoms with Crippen LogP contribution in [0.25, 0.3) is 20.9 Å². The smallest absolute Gasteiger partial charge is 0.407 e. The van der Waals surface area contributed by atoms with Crippen LogP contribution < -0.4 is 16.0 Å². The Morgan fingerprint density at radius 1 is 0.822 bits per heavy atom. The molecule has 45 heavy (non-hydrogen) atoms. The number of carboxylic acid groups (broad SMARTS) is 1. The zero-order chi connectivity index (χ0) is 31.6. The molecule has 1 aromatic heterocycles. The van der Waals surface area contributed by atoms with Gasteiger partial charge in [-0.25, -0.2) is 4.79 Å². The van der Waals surface area contributed by atoms with E-state index in [0.29, 0.717) is 22.5 Å². The number of aryl methyl sites for hydroxylation is 1. The molecule has 4 N–H and O–H groups in total. The summed E-state index contributed by atoms with van der Waals surface area (Å²) in [5.74, 6) is -1.75. The molecule has 0 unspecified atom stereocenters. The number of thiophene rings is 1. The lowest BCUT2D eigenvalue weighted by Gasteiger charge is -2.19. The topological polar surface area (TPSA) is 134 Å². The Balaban J connectivity index is 1.19. The van der Waals surface area contributed by atoms with Crippen LogP contribution in [-0.4, -0.2) is 41.6 Å². The molecule has 5 aromatic rings. The van der Waals surface area contributed by atoms with Crippen LogP contribution in [-0.2, 0) is 27.4 Å². The van der Waals surface area contributed by atoms with Crippen molar-refractivity contribution < 1.29 is 29.0 Å². The van der Waals surface area contributed by atoms with Gasteiger partial charge >= 0.3 is 12.1 Å². The maximum absolute atomic E-state index is 13.5. The lowest BCUT2D eigenvalue weighted by molar-refractivity contribution is -0.137. The van der Waals surface area contributed by atoms with Gasteiger partial charge in [0.1, 0.15) is 12.6 Å². The number of alkyl carbamates (subject to hydrolysis) is 1. The Morgan fingerprint density at radius 3 is 2.36 bits per heavy atom. The van der Waals surface area contributed by atoms with Gasteiger partial charge in [0, 0.05) is 23.4 Å². The number of anilines is 1. The van der Waals surface area contributed by atoms with Crippen LogP contribution in [0.5, 0.6) is 0 Å². The van der Waals surface area contributed by atoms with E-state index in [0.717, 1.165) is 26.4 Å². The summed E-state index contributed by atoms with van der Waals surface area (Å²) in [7, 11) is 0. The molecule has 0 aliphatic heterocycles. The SMILES string of the molecule is O=C(O)CCc1ccccc1NC(=O)[C@H](CCCNC(=O)OCc1ccc2ccccc2c1)NC(=O)c1cc2ccccc2s1. The fourth-order valence-corrected chi connectivity index (χ4v) is 5.90. The normalized spacial score (nSPS) is 11.6. The number of fused-ring (bicyclic) bond motifs is 2. The minimum absolute atomic E-state index is 0.0817. The van der Waals surface area contributed by atoms with E-state index in [1.165, 1.54) is 11.3 Å². The highest BCUT2D eigenvalue weighted by molar-refractivity contribution is 7.20. The van der Waals surface area contributed by atoms with Gasteiger partial charge in [-0.2, -0.15) is 0 Å². The first kappa shape index (κ1) is 31.2. The van der Waals surface area contributed by atoms with Gasteiger partial charge in [-0.05, 0) is 70.8 Å². The summed E-state index contributed by atoms with van der Waals surface area (Å²) in [6.45, 7) is 0.350. The molecule has 0 aliphatic rings. The van der Waals surface area contributed by atoms with E-state index in [1.54, 1.807) is 30.3 Å². The van der Waals surface area contributed by atoms with Gasteiger partial charge in [0.15, 0.2) is 0 Å². The van der Waals surface area contributed by atoms with Crippen LogP contribution in [0.4, 0.5) is 10.5 Å². The quantitative estimate of drug-likeness (QED) is 0.110. The molecular formula is C35H33N3O6S. The number of para-hydroxylation sites is 1. The summed E-state index contributed by atoms with van der Waals surface area (Å²) in [6, 6.07) is 29.3. The molecule has 230 valence electrons. The standard InChI is InChI=1S/C35H33N3O6S/c39-32(40)18-17-25-9-3-5-12-28(25)37-33(41)29(38-34(42)31-21-27-11-4-6-14-30(27)45-31)13-7-19-36-35(43)44-22-23-15-16-24-8-1-2-10-26(24)20-23/h1-6,8-12,14-16,20-21,29H,7,13,17-19,22H2,(H,36,43)(H,37,41)(H,38,42)(H,39,40)/t29-/m0/s1. The van der Waals surface area contributed by atoms with Gasteiger partial charge in [-0.3, -0.25) is 14.4 Å². The van der Waals surface area contributed by atoms with E-state index in [2.05, 4.69) is 16.0 Å². The molecule has 9 nitrogen and oxygen atoms in total. The molecule has 0 fully saturated rings. The minimum Gasteiger partial charge on any atom is -0.481 e. The lowest BCUT2D eigenvalue weighted by Crippen LogP contribution is -2.44. The average molecular weight is 624 g/mol. The van der Waals surface area contributed by atoms with Gasteiger partial charge in [0.25, 0.3) is 5.91 Å². The Kier molecular flexibility index (Phi) is 10.4. The summed E-state index contributed by atoms with van der Waals surface area (Å²) >= 11 is 1.34. The Hall–Kier alpha value is -5.22. The summed E-state index contributed by atoms with van der Waals surface area (Å²) in [4.78, 5) is 50.7. The van der Waals surface area contributed by atoms with Gasteiger partial charge in [0.05, 0.1) is 4.88 Å². The van der Waals surface area contributed by atoms with E-state index in [9.17, 15) is 19.2 Å². The molecule has 0 saturated carbocycles. The minimum atomic E-state index is -0.937. The highest BCUT2D eigenvalue weighted by atomic mass is 32.1. The molecule has 0 aliphatic carbocycles. The number of amides is 3. The Labute approximate surface area is 264 Å². The highest BCUT2D eigenvalue weighted by Gasteiger charge is 2.23. The lowest BCUT2D eigenvalue weighted by atomic mass is 10.1. The molecule has 5 rings (SSSR count). The van der Waals surface area contributed by atoms with Gasteiger partial charge in [0.2, 0.25) is 5.91 Å². The largest absolute Gasteiger partial charge is 0.481 e. The van der Waals surface area contributed by atoms with Crippen molar-refractivity contribution in [3.05, 3.63) is 113 Å². The van der Waals surface area contributed by atoms with Crippen molar-refractivity contribution in [2.75, 3.05) is 11.9 Å². The first-order valence-corrected chi connectivity index (χ1v) is 15.5. The van der Waals surface area contributed by atoms with Gasteiger partial charge in [-0.1, -0.05) is 72.8 Å². The first-order valence-electron chi connectivity index (χ1n) is 14.6. The van der Waals surface area contributed by atoms with Crippen LogP contribution in [0, 0.1) is 0 Å². The monoisotopic (exact) mass is 623 g/mol. The summed E-state index contributed by atoms with van der Waals surface area (Å²) in [5.41, 5.74) is 2.03. The van der Waals surface area contributed by atoms with Crippen molar-refractivity contribution in [1.82, 2.24) is 10.6 Å². The van der Waals surface area contributed by atoms with E-state index in [4.69, 9.17) is 9.84 Å². The molecule has 0 spiro atoms. The van der Waals surface area contributed by atoms with E-state index < -0.39 is 24.0 Å².